The van der Waals surface area contributed by atoms with E-state index in [-0.39, 0.29) is 3.91 Å². The number of anilines is 1. The molecule has 1 aliphatic rings. The summed E-state index contributed by atoms with van der Waals surface area (Å²) in [6.45, 7) is 2.98. The van der Waals surface area contributed by atoms with Crippen LogP contribution in [0, 0.1) is 0 Å². The average molecular weight is 332 g/mol. The van der Waals surface area contributed by atoms with Gasteiger partial charge in [0.25, 0.3) is 3.91 Å². The molecular formula is C11H13IN2O2. The van der Waals surface area contributed by atoms with Crippen molar-refractivity contribution < 1.29 is 9.90 Å². The van der Waals surface area contributed by atoms with Crippen molar-refractivity contribution >= 4 is 32.2 Å². The van der Waals surface area contributed by atoms with Crippen LogP contribution in [0.3, 0.4) is 0 Å². The Morgan fingerprint density at radius 1 is 1.19 bits per heavy atom. The third-order valence-electron chi connectivity index (χ3n) is 2.75. The maximum atomic E-state index is 11.2. The lowest BCUT2D eigenvalue weighted by molar-refractivity contribution is 0.222. The van der Waals surface area contributed by atoms with E-state index in [1.54, 1.807) is 6.07 Å². The van der Waals surface area contributed by atoms with Crippen molar-refractivity contribution in [1.82, 2.24) is 4.90 Å². The van der Waals surface area contributed by atoms with Crippen LogP contribution in [0.2, 0.25) is 0 Å². The largest absolute Gasteiger partial charge is 0.506 e. The molecule has 1 aliphatic heterocycles. The minimum Gasteiger partial charge on any atom is -0.506 e. The Morgan fingerprint density at radius 2 is 1.81 bits per heavy atom. The van der Waals surface area contributed by atoms with Gasteiger partial charge in [-0.25, -0.2) is 0 Å². The maximum absolute atomic E-state index is 11.2. The molecule has 1 heterocycles. The number of nitrogens with zero attached hydrogens (tertiary/aromatic N) is 2. The lowest BCUT2D eigenvalue weighted by Crippen LogP contribution is -2.47. The number of benzene rings is 1. The molecule has 16 heavy (non-hydrogen) atoms. The first-order valence-electron chi connectivity index (χ1n) is 5.16. The van der Waals surface area contributed by atoms with Crippen LogP contribution in [-0.4, -0.2) is 40.1 Å². The Bertz CT molecular complexity index is 389. The standard InChI is InChI=1S/C11H13IN2O2/c12-11(16)14-7-5-13(6-8-14)9-3-1-2-4-10(9)15/h1-4,15H,5-8H2. The zero-order chi connectivity index (χ0) is 11.5. The summed E-state index contributed by atoms with van der Waals surface area (Å²) in [7, 11) is 0. The van der Waals surface area contributed by atoms with Crippen LogP contribution in [0.15, 0.2) is 24.3 Å². The minimum atomic E-state index is 0.0922. The molecule has 1 aromatic carbocycles. The number of aromatic hydroxyl groups is 1. The van der Waals surface area contributed by atoms with Gasteiger partial charge in [-0.2, -0.15) is 0 Å². The first kappa shape index (κ1) is 11.5. The molecule has 1 fully saturated rings. The molecule has 0 unspecified atom stereocenters. The van der Waals surface area contributed by atoms with E-state index in [1.165, 1.54) is 0 Å². The molecule has 0 atom stereocenters. The smallest absolute Gasteiger partial charge is 0.283 e. The van der Waals surface area contributed by atoms with Gasteiger partial charge in [0.15, 0.2) is 0 Å². The Hall–Kier alpha value is -0.980. The van der Waals surface area contributed by atoms with Crippen LogP contribution in [0.1, 0.15) is 0 Å². The molecule has 0 bridgehead atoms. The first-order valence-corrected chi connectivity index (χ1v) is 6.23. The summed E-state index contributed by atoms with van der Waals surface area (Å²) in [4.78, 5) is 15.1. The number of para-hydroxylation sites is 2. The first-order chi connectivity index (χ1) is 7.68. The van der Waals surface area contributed by atoms with Crippen molar-refractivity contribution in [3.05, 3.63) is 24.3 Å². The molecular weight excluding hydrogens is 319 g/mol. The third kappa shape index (κ3) is 2.40. The Kier molecular flexibility index (Phi) is 3.52. The lowest BCUT2D eigenvalue weighted by atomic mass is 10.2. The van der Waals surface area contributed by atoms with Crippen LogP contribution in [0.25, 0.3) is 0 Å². The number of rotatable bonds is 1. The van der Waals surface area contributed by atoms with Gasteiger partial charge < -0.3 is 14.9 Å². The highest BCUT2D eigenvalue weighted by Gasteiger charge is 2.20. The van der Waals surface area contributed by atoms with Crippen LogP contribution in [0.5, 0.6) is 5.75 Å². The van der Waals surface area contributed by atoms with E-state index in [0.29, 0.717) is 5.75 Å². The fourth-order valence-electron chi connectivity index (χ4n) is 1.85. The predicted molar refractivity (Wildman–Crippen MR) is 71.3 cm³/mol. The van der Waals surface area contributed by atoms with Crippen LogP contribution >= 0.6 is 22.6 Å². The normalized spacial score (nSPS) is 16.3. The second kappa shape index (κ2) is 4.90. The average Bonchev–Trinajstić information content (AvgIpc) is 2.30. The number of carbonyl (C=O) groups excluding carboxylic acids is 1. The fourth-order valence-corrected chi connectivity index (χ4v) is 2.34. The SMILES string of the molecule is O=C(I)N1CCN(c2ccccc2O)CC1. The highest BCUT2D eigenvalue weighted by atomic mass is 127. The van der Waals surface area contributed by atoms with E-state index in [1.807, 2.05) is 45.7 Å². The Labute approximate surface area is 108 Å². The molecule has 0 aliphatic carbocycles. The summed E-state index contributed by atoms with van der Waals surface area (Å²) in [6.07, 6.45) is 0. The molecule has 0 saturated carbocycles. The molecule has 1 aromatic rings. The van der Waals surface area contributed by atoms with Crippen LogP contribution in [0.4, 0.5) is 10.5 Å². The van der Waals surface area contributed by atoms with Crippen molar-refractivity contribution in [1.29, 1.82) is 0 Å². The summed E-state index contributed by atoms with van der Waals surface area (Å²) >= 11 is 1.81. The van der Waals surface area contributed by atoms with Crippen molar-refractivity contribution in [2.75, 3.05) is 31.1 Å². The van der Waals surface area contributed by atoms with Gasteiger partial charge in [-0.05, 0) is 12.1 Å². The number of halogens is 1. The van der Waals surface area contributed by atoms with Gasteiger partial charge in [-0.1, -0.05) is 12.1 Å². The van der Waals surface area contributed by atoms with Gasteiger partial charge in [0.2, 0.25) is 0 Å². The zero-order valence-corrected chi connectivity index (χ0v) is 10.9. The van der Waals surface area contributed by atoms with Gasteiger partial charge in [0.05, 0.1) is 5.69 Å². The molecule has 5 heteroatoms. The van der Waals surface area contributed by atoms with Crippen LogP contribution in [-0.2, 0) is 0 Å². The van der Waals surface area contributed by atoms with Gasteiger partial charge in [-0.15, -0.1) is 0 Å². The summed E-state index contributed by atoms with van der Waals surface area (Å²) in [5.74, 6) is 0.303. The third-order valence-corrected chi connectivity index (χ3v) is 3.43. The molecule has 0 spiro atoms. The summed E-state index contributed by atoms with van der Waals surface area (Å²) in [6, 6.07) is 7.30. The molecule has 0 aromatic heterocycles. The van der Waals surface area contributed by atoms with E-state index in [4.69, 9.17) is 0 Å². The highest BCUT2D eigenvalue weighted by Crippen LogP contribution is 2.27. The maximum Gasteiger partial charge on any atom is 0.283 e. The predicted octanol–water partition coefficient (Wildman–Crippen LogP) is 2.07. The number of hydrogen-bond donors (Lipinski definition) is 1. The Balaban J connectivity index is 2.05. The van der Waals surface area contributed by atoms with Crippen molar-refractivity contribution in [2.24, 2.45) is 0 Å². The van der Waals surface area contributed by atoms with E-state index in [2.05, 4.69) is 4.90 Å². The summed E-state index contributed by atoms with van der Waals surface area (Å²) in [5, 5.41) is 9.71. The number of amides is 1. The fraction of sp³-hybridized carbons (Fsp3) is 0.364. The van der Waals surface area contributed by atoms with Gasteiger partial charge in [0, 0.05) is 48.8 Å². The van der Waals surface area contributed by atoms with E-state index >= 15 is 0 Å². The number of piperazine rings is 1. The molecule has 1 saturated heterocycles. The number of phenolic OH excluding ortho intramolecular Hbond substituents is 1. The topological polar surface area (TPSA) is 43.8 Å². The number of carbonyl (C=O) groups is 1. The van der Waals surface area contributed by atoms with E-state index < -0.39 is 0 Å². The molecule has 86 valence electrons. The summed E-state index contributed by atoms with van der Waals surface area (Å²) < 4.78 is 0.0922. The van der Waals surface area contributed by atoms with Crippen LogP contribution < -0.4 is 4.90 Å². The molecule has 1 amide bonds. The Morgan fingerprint density at radius 3 is 2.38 bits per heavy atom. The quantitative estimate of drug-likeness (QED) is 0.486. The number of hydrogen-bond acceptors (Lipinski definition) is 3. The second-order valence-corrected chi connectivity index (χ2v) is 4.64. The van der Waals surface area contributed by atoms with E-state index in [9.17, 15) is 9.90 Å². The summed E-state index contributed by atoms with van der Waals surface area (Å²) in [5.41, 5.74) is 0.850. The minimum absolute atomic E-state index is 0.0922. The van der Waals surface area contributed by atoms with E-state index in [0.717, 1.165) is 31.9 Å². The highest BCUT2D eigenvalue weighted by molar-refractivity contribution is 14.1. The zero-order valence-electron chi connectivity index (χ0n) is 8.77. The van der Waals surface area contributed by atoms with Gasteiger partial charge in [0.1, 0.15) is 5.75 Å². The van der Waals surface area contributed by atoms with Crippen molar-refractivity contribution in [2.45, 2.75) is 0 Å². The monoisotopic (exact) mass is 332 g/mol. The van der Waals surface area contributed by atoms with Gasteiger partial charge in [-0.3, -0.25) is 4.79 Å². The molecule has 4 nitrogen and oxygen atoms in total. The van der Waals surface area contributed by atoms with Crippen molar-refractivity contribution in [3.63, 3.8) is 0 Å². The number of phenols is 1. The second-order valence-electron chi connectivity index (χ2n) is 3.72. The van der Waals surface area contributed by atoms with Crippen molar-refractivity contribution in [3.8, 4) is 5.75 Å². The lowest BCUT2D eigenvalue weighted by Gasteiger charge is -2.35. The molecule has 1 N–H and O–H groups in total. The van der Waals surface area contributed by atoms with Gasteiger partial charge >= 0.3 is 0 Å². The molecule has 0 radical (unpaired) electrons. The molecule has 2 rings (SSSR count).